The lowest BCUT2D eigenvalue weighted by molar-refractivity contribution is -0.156. The van der Waals surface area contributed by atoms with Crippen LogP contribution in [0, 0.1) is 17.1 Å². The number of carbonyl (C=O) groups is 1. The minimum absolute atomic E-state index is 0.135. The van der Waals surface area contributed by atoms with Crippen LogP contribution in [-0.2, 0) is 10.5 Å². The molecule has 98 valence electrons. The summed E-state index contributed by atoms with van der Waals surface area (Å²) in [5, 5.41) is 24.1. The lowest BCUT2D eigenvalue weighted by Gasteiger charge is -2.31. The molecule has 0 fully saturated rings. The van der Waals surface area contributed by atoms with Crippen molar-refractivity contribution < 1.29 is 14.3 Å². The largest absolute Gasteiger partial charge is 0.365 e. The zero-order chi connectivity index (χ0) is 14.0. The second-order valence-electron chi connectivity index (χ2n) is 4.38. The van der Waals surface area contributed by atoms with Crippen LogP contribution in [0.2, 0.25) is 0 Å². The van der Waals surface area contributed by atoms with Crippen molar-refractivity contribution in [3.63, 3.8) is 0 Å². The first-order valence-electron chi connectivity index (χ1n) is 5.70. The Kier molecular flexibility index (Phi) is 3.32. The number of hydrazone groups is 1. The van der Waals surface area contributed by atoms with E-state index >= 15 is 0 Å². The zero-order valence-corrected chi connectivity index (χ0v) is 10.3. The molecule has 2 rings (SSSR count). The Balaban J connectivity index is 2.39. The van der Waals surface area contributed by atoms with Gasteiger partial charge in [0.05, 0.1) is 6.07 Å². The number of hydrogen-bond donors (Lipinski definition) is 1. The topological polar surface area (TPSA) is 76.7 Å². The molecule has 0 saturated heterocycles. The lowest BCUT2D eigenvalue weighted by Crippen LogP contribution is -2.43. The maximum atomic E-state index is 12.9. The molecule has 1 amide bonds. The fourth-order valence-corrected chi connectivity index (χ4v) is 2.07. The van der Waals surface area contributed by atoms with Gasteiger partial charge in [-0.15, -0.1) is 0 Å². The highest BCUT2D eigenvalue weighted by molar-refractivity contribution is 5.89. The summed E-state index contributed by atoms with van der Waals surface area (Å²) < 4.78 is 12.9. The summed E-state index contributed by atoms with van der Waals surface area (Å²) in [5.41, 5.74) is -0.718. The Morgan fingerprint density at radius 3 is 2.79 bits per heavy atom. The number of rotatable bonds is 2. The zero-order valence-electron chi connectivity index (χ0n) is 10.3. The number of benzene rings is 1. The van der Waals surface area contributed by atoms with Gasteiger partial charge in [0.2, 0.25) is 0 Å². The van der Waals surface area contributed by atoms with Crippen LogP contribution in [0.1, 0.15) is 25.3 Å². The molecule has 1 atom stereocenters. The monoisotopic (exact) mass is 261 g/mol. The predicted octanol–water partition coefficient (Wildman–Crippen LogP) is 1.49. The lowest BCUT2D eigenvalue weighted by atomic mass is 9.97. The highest BCUT2D eigenvalue weighted by atomic mass is 19.1. The maximum absolute atomic E-state index is 12.9. The summed E-state index contributed by atoms with van der Waals surface area (Å²) >= 11 is 0. The minimum atomic E-state index is -1.65. The Morgan fingerprint density at radius 1 is 1.58 bits per heavy atom. The summed E-state index contributed by atoms with van der Waals surface area (Å²) in [7, 11) is 0. The molecule has 0 unspecified atom stereocenters. The minimum Gasteiger partial charge on any atom is -0.365 e. The van der Waals surface area contributed by atoms with Crippen molar-refractivity contribution in [3.8, 4) is 6.07 Å². The van der Waals surface area contributed by atoms with Crippen molar-refractivity contribution in [2.45, 2.75) is 25.5 Å². The molecule has 1 aliphatic rings. The van der Waals surface area contributed by atoms with E-state index in [0.29, 0.717) is 11.3 Å². The quantitative estimate of drug-likeness (QED) is 0.876. The van der Waals surface area contributed by atoms with Gasteiger partial charge >= 0.3 is 0 Å². The van der Waals surface area contributed by atoms with E-state index in [1.54, 1.807) is 13.0 Å². The van der Waals surface area contributed by atoms with Gasteiger partial charge in [-0.1, -0.05) is 12.1 Å². The van der Waals surface area contributed by atoms with E-state index in [1.165, 1.54) is 24.3 Å². The number of nitrogens with zero attached hydrogens (tertiary/aromatic N) is 3. The average Bonchev–Trinajstić information content (AvgIpc) is 2.67. The molecule has 1 aromatic carbocycles. The van der Waals surface area contributed by atoms with E-state index in [4.69, 9.17) is 5.26 Å². The third kappa shape index (κ3) is 2.33. The maximum Gasteiger partial charge on any atom is 0.259 e. The van der Waals surface area contributed by atoms with Crippen molar-refractivity contribution in [2.75, 3.05) is 0 Å². The Labute approximate surface area is 109 Å². The van der Waals surface area contributed by atoms with E-state index in [-0.39, 0.29) is 12.8 Å². The van der Waals surface area contributed by atoms with Crippen LogP contribution in [0.5, 0.6) is 0 Å². The van der Waals surface area contributed by atoms with Crippen molar-refractivity contribution in [3.05, 3.63) is 35.6 Å². The number of hydrogen-bond acceptors (Lipinski definition) is 4. The van der Waals surface area contributed by atoms with Gasteiger partial charge in [-0.3, -0.25) is 4.79 Å². The van der Waals surface area contributed by atoms with Crippen LogP contribution in [0.15, 0.2) is 29.4 Å². The summed E-state index contributed by atoms with van der Waals surface area (Å²) in [5.74, 6) is -1.02. The molecule has 1 aromatic rings. The molecule has 6 heteroatoms. The van der Waals surface area contributed by atoms with Crippen molar-refractivity contribution in [1.29, 1.82) is 5.26 Å². The molecule has 5 nitrogen and oxygen atoms in total. The molecule has 0 saturated carbocycles. The normalized spacial score (nSPS) is 22.0. The molecule has 0 aromatic heterocycles. The average molecular weight is 261 g/mol. The predicted molar refractivity (Wildman–Crippen MR) is 65.1 cm³/mol. The number of aliphatic hydroxyl groups is 1. The highest BCUT2D eigenvalue weighted by Crippen LogP contribution is 2.35. The molecule has 0 bridgehead atoms. The summed E-state index contributed by atoms with van der Waals surface area (Å²) in [6, 6.07) is 6.93. The highest BCUT2D eigenvalue weighted by Gasteiger charge is 2.44. The second kappa shape index (κ2) is 4.78. The van der Waals surface area contributed by atoms with Crippen molar-refractivity contribution in [1.82, 2.24) is 5.01 Å². The van der Waals surface area contributed by atoms with Gasteiger partial charge in [-0.2, -0.15) is 15.4 Å². The molecule has 1 heterocycles. The Bertz CT molecular complexity index is 577. The second-order valence-corrected chi connectivity index (χ2v) is 4.38. The van der Waals surface area contributed by atoms with Crippen molar-refractivity contribution in [2.24, 2.45) is 5.10 Å². The molecule has 0 spiro atoms. The molecule has 0 aliphatic carbocycles. The molecule has 19 heavy (non-hydrogen) atoms. The Morgan fingerprint density at radius 2 is 2.21 bits per heavy atom. The van der Waals surface area contributed by atoms with Gasteiger partial charge in [-0.05, 0) is 19.1 Å². The summed E-state index contributed by atoms with van der Waals surface area (Å²) in [6.07, 6.45) is -0.240. The van der Waals surface area contributed by atoms with E-state index in [1.807, 2.05) is 0 Å². The molecule has 1 N–H and O–H groups in total. The van der Waals surface area contributed by atoms with Crippen LogP contribution in [0.25, 0.3) is 0 Å². The number of halogens is 1. The SMILES string of the molecule is CC1=NN(C(=O)CC#N)[C@@](O)(c2ccc(F)cc2)C1. The van der Waals surface area contributed by atoms with E-state index in [2.05, 4.69) is 5.10 Å². The third-order valence-corrected chi connectivity index (χ3v) is 2.90. The van der Waals surface area contributed by atoms with E-state index in [9.17, 15) is 14.3 Å². The van der Waals surface area contributed by atoms with Crippen LogP contribution in [0.3, 0.4) is 0 Å². The molecule has 1 aliphatic heterocycles. The van der Waals surface area contributed by atoms with Gasteiger partial charge < -0.3 is 5.11 Å². The van der Waals surface area contributed by atoms with E-state index < -0.39 is 17.4 Å². The fraction of sp³-hybridized carbons (Fsp3) is 0.308. The molecular weight excluding hydrogens is 249 g/mol. The summed E-state index contributed by atoms with van der Waals surface area (Å²) in [6.45, 7) is 1.67. The van der Waals surface area contributed by atoms with Gasteiger partial charge in [0.1, 0.15) is 12.2 Å². The molecular formula is C13H12FN3O2. The van der Waals surface area contributed by atoms with Gasteiger partial charge in [-0.25, -0.2) is 4.39 Å². The van der Waals surface area contributed by atoms with Crippen molar-refractivity contribution >= 4 is 11.6 Å². The smallest absolute Gasteiger partial charge is 0.259 e. The van der Waals surface area contributed by atoms with E-state index in [0.717, 1.165) is 5.01 Å². The first-order valence-corrected chi connectivity index (χ1v) is 5.70. The molecule has 0 radical (unpaired) electrons. The van der Waals surface area contributed by atoms with Crippen LogP contribution in [-0.4, -0.2) is 21.7 Å². The summed E-state index contributed by atoms with van der Waals surface area (Å²) in [4.78, 5) is 11.8. The standard InChI is InChI=1S/C13H12FN3O2/c1-9-8-13(19,10-2-4-11(14)5-3-10)17(16-9)12(18)6-7-15/h2-5,19H,6,8H2,1H3/t13-/m0/s1. The van der Waals surface area contributed by atoms with Crippen LogP contribution in [0.4, 0.5) is 4.39 Å². The van der Waals surface area contributed by atoms with Gasteiger partial charge in [0.15, 0.2) is 5.72 Å². The van der Waals surface area contributed by atoms with Crippen LogP contribution >= 0.6 is 0 Å². The number of carbonyl (C=O) groups excluding carboxylic acids is 1. The van der Waals surface area contributed by atoms with Crippen LogP contribution < -0.4 is 0 Å². The van der Waals surface area contributed by atoms with Gasteiger partial charge in [0.25, 0.3) is 5.91 Å². The fourth-order valence-electron chi connectivity index (χ4n) is 2.07. The third-order valence-electron chi connectivity index (χ3n) is 2.90. The number of nitriles is 1. The van der Waals surface area contributed by atoms with Gasteiger partial charge in [0, 0.05) is 17.7 Å². The first kappa shape index (κ1) is 13.2. The number of amides is 1. The Hall–Kier alpha value is -2.26. The first-order chi connectivity index (χ1) is 8.97.